The number of carbonyl (C=O) groups excluding carboxylic acids is 1. The molecule has 0 spiro atoms. The molecule has 2 fully saturated rings. The number of nitrogens with zero attached hydrogens (tertiary/aromatic N) is 2. The summed E-state index contributed by atoms with van der Waals surface area (Å²) in [5.41, 5.74) is 0.0534. The van der Waals surface area contributed by atoms with Gasteiger partial charge >= 0.3 is 5.69 Å². The number of hydrogen-bond acceptors (Lipinski definition) is 6. The second-order valence-electron chi connectivity index (χ2n) is 5.82. The van der Waals surface area contributed by atoms with Crippen LogP contribution in [0.5, 0.6) is 5.75 Å². The first-order valence-electron chi connectivity index (χ1n) is 7.98. The number of hydrogen-bond donors (Lipinski definition) is 0. The summed E-state index contributed by atoms with van der Waals surface area (Å²) < 4.78 is 16.1. The summed E-state index contributed by atoms with van der Waals surface area (Å²) in [5, 5.41) is 11.2. The maximum Gasteiger partial charge on any atom is 0.311 e. The van der Waals surface area contributed by atoms with E-state index in [-0.39, 0.29) is 28.9 Å². The quantitative estimate of drug-likeness (QED) is 0.617. The maximum atomic E-state index is 12.9. The first kappa shape index (κ1) is 16.7. The fourth-order valence-electron chi connectivity index (χ4n) is 3.22. The average Bonchev–Trinajstić information content (AvgIpc) is 3.15. The van der Waals surface area contributed by atoms with E-state index in [1.807, 2.05) is 0 Å². The highest BCUT2D eigenvalue weighted by Crippen LogP contribution is 2.30. The summed E-state index contributed by atoms with van der Waals surface area (Å²) in [6.07, 6.45) is 2.28. The van der Waals surface area contributed by atoms with E-state index in [0.29, 0.717) is 19.8 Å². The van der Waals surface area contributed by atoms with Crippen molar-refractivity contribution in [2.24, 2.45) is 0 Å². The summed E-state index contributed by atoms with van der Waals surface area (Å²) in [5.74, 6) is -0.112. The van der Waals surface area contributed by atoms with Gasteiger partial charge in [-0.05, 0) is 31.4 Å². The number of rotatable bonds is 4. The van der Waals surface area contributed by atoms with Gasteiger partial charge in [-0.15, -0.1) is 0 Å². The molecule has 130 valence electrons. The average molecular weight is 336 g/mol. The predicted octanol–water partition coefficient (Wildman–Crippen LogP) is 1.97. The lowest BCUT2D eigenvalue weighted by Crippen LogP contribution is -2.50. The number of likely N-dealkylation sites (tertiary alicyclic amines) is 1. The molecule has 0 saturated carbocycles. The summed E-state index contributed by atoms with van der Waals surface area (Å²) >= 11 is 0. The fourth-order valence-corrected chi connectivity index (χ4v) is 3.22. The minimum atomic E-state index is -0.549. The lowest BCUT2D eigenvalue weighted by molar-refractivity contribution is -0.385. The van der Waals surface area contributed by atoms with Gasteiger partial charge in [-0.1, -0.05) is 0 Å². The molecule has 1 aromatic carbocycles. The van der Waals surface area contributed by atoms with Crippen molar-refractivity contribution in [3.63, 3.8) is 0 Å². The van der Waals surface area contributed by atoms with Crippen LogP contribution in [0.1, 0.15) is 29.6 Å². The first-order valence-corrected chi connectivity index (χ1v) is 7.98. The van der Waals surface area contributed by atoms with Crippen LogP contribution in [0, 0.1) is 10.1 Å². The van der Waals surface area contributed by atoms with Crippen LogP contribution in [0.15, 0.2) is 18.2 Å². The van der Waals surface area contributed by atoms with Gasteiger partial charge in [0.1, 0.15) is 0 Å². The zero-order valence-corrected chi connectivity index (χ0v) is 13.5. The molecule has 1 amide bonds. The maximum absolute atomic E-state index is 12.9. The zero-order valence-electron chi connectivity index (χ0n) is 13.5. The highest BCUT2D eigenvalue weighted by atomic mass is 16.7. The number of carbonyl (C=O) groups is 1. The third kappa shape index (κ3) is 3.20. The third-order valence-corrected chi connectivity index (χ3v) is 4.39. The Labute approximate surface area is 139 Å². The largest absolute Gasteiger partial charge is 0.490 e. The molecule has 1 atom stereocenters. The lowest BCUT2D eigenvalue weighted by Gasteiger charge is -2.38. The van der Waals surface area contributed by atoms with Crippen LogP contribution in [0.4, 0.5) is 5.69 Å². The molecule has 24 heavy (non-hydrogen) atoms. The normalized spacial score (nSPS) is 21.7. The molecule has 0 aromatic heterocycles. The Bertz CT molecular complexity index is 629. The van der Waals surface area contributed by atoms with Crippen molar-refractivity contribution in [3.05, 3.63) is 33.9 Å². The van der Waals surface area contributed by atoms with Crippen molar-refractivity contribution >= 4 is 11.6 Å². The van der Waals surface area contributed by atoms with Gasteiger partial charge in [-0.2, -0.15) is 0 Å². The first-order chi connectivity index (χ1) is 11.6. The summed E-state index contributed by atoms with van der Waals surface area (Å²) in [4.78, 5) is 25.2. The third-order valence-electron chi connectivity index (χ3n) is 4.39. The molecular weight excluding hydrogens is 316 g/mol. The summed E-state index contributed by atoms with van der Waals surface area (Å²) in [7, 11) is 1.36. The van der Waals surface area contributed by atoms with E-state index in [4.69, 9.17) is 14.2 Å². The van der Waals surface area contributed by atoms with E-state index < -0.39 is 11.2 Å². The van der Waals surface area contributed by atoms with E-state index in [2.05, 4.69) is 0 Å². The Morgan fingerprint density at radius 2 is 2.08 bits per heavy atom. The molecule has 8 nitrogen and oxygen atoms in total. The van der Waals surface area contributed by atoms with Crippen LogP contribution in [-0.4, -0.2) is 54.9 Å². The molecule has 0 unspecified atom stereocenters. The fraction of sp³-hybridized carbons (Fsp3) is 0.562. The van der Waals surface area contributed by atoms with Gasteiger partial charge in [0.25, 0.3) is 5.91 Å². The van der Waals surface area contributed by atoms with E-state index in [9.17, 15) is 14.9 Å². The Kier molecular flexibility index (Phi) is 4.96. The zero-order chi connectivity index (χ0) is 17.1. The molecule has 0 N–H and O–H groups in total. The van der Waals surface area contributed by atoms with E-state index in [0.717, 1.165) is 19.3 Å². The number of nitro groups is 1. The molecule has 0 radical (unpaired) electrons. The Morgan fingerprint density at radius 3 is 2.75 bits per heavy atom. The van der Waals surface area contributed by atoms with Crippen molar-refractivity contribution in [1.82, 2.24) is 4.90 Å². The second kappa shape index (κ2) is 7.14. The van der Waals surface area contributed by atoms with E-state index in [1.54, 1.807) is 11.0 Å². The molecule has 3 rings (SSSR count). The van der Waals surface area contributed by atoms with E-state index >= 15 is 0 Å². The Hall–Kier alpha value is -2.19. The van der Waals surface area contributed by atoms with E-state index in [1.165, 1.54) is 19.2 Å². The monoisotopic (exact) mass is 336 g/mol. The number of benzene rings is 1. The highest BCUT2D eigenvalue weighted by Gasteiger charge is 2.37. The van der Waals surface area contributed by atoms with Crippen molar-refractivity contribution in [1.29, 1.82) is 0 Å². The number of ether oxygens (including phenoxy) is 3. The number of nitro benzene ring substituents is 1. The second-order valence-corrected chi connectivity index (χ2v) is 5.82. The molecule has 2 heterocycles. The molecule has 1 aromatic rings. The lowest BCUT2D eigenvalue weighted by atomic mass is 10.00. The highest BCUT2D eigenvalue weighted by molar-refractivity contribution is 5.95. The van der Waals surface area contributed by atoms with Gasteiger partial charge in [0.05, 0.1) is 31.3 Å². The minimum Gasteiger partial charge on any atom is -0.490 e. The topological polar surface area (TPSA) is 91.1 Å². The molecule has 0 aliphatic carbocycles. The van der Waals surface area contributed by atoms with Crippen LogP contribution in [-0.2, 0) is 9.47 Å². The smallest absolute Gasteiger partial charge is 0.311 e. The van der Waals surface area contributed by atoms with Crippen molar-refractivity contribution in [2.45, 2.75) is 31.6 Å². The van der Waals surface area contributed by atoms with Crippen molar-refractivity contribution < 1.29 is 23.9 Å². The minimum absolute atomic E-state index is 0.134. The molecule has 0 bridgehead atoms. The van der Waals surface area contributed by atoms with Crippen molar-refractivity contribution in [2.75, 3.05) is 26.9 Å². The Balaban J connectivity index is 1.86. The van der Waals surface area contributed by atoms with Crippen LogP contribution in [0.3, 0.4) is 0 Å². The molecule has 2 aliphatic heterocycles. The van der Waals surface area contributed by atoms with Crippen LogP contribution >= 0.6 is 0 Å². The summed E-state index contributed by atoms with van der Waals surface area (Å²) in [6.45, 7) is 1.64. The number of amides is 1. The van der Waals surface area contributed by atoms with Gasteiger partial charge in [-0.25, -0.2) is 0 Å². The molecule has 2 saturated heterocycles. The van der Waals surface area contributed by atoms with Crippen LogP contribution in [0.25, 0.3) is 0 Å². The van der Waals surface area contributed by atoms with Crippen LogP contribution in [0.2, 0.25) is 0 Å². The Morgan fingerprint density at radius 1 is 1.33 bits per heavy atom. The number of methoxy groups -OCH3 is 1. The van der Waals surface area contributed by atoms with Gasteiger partial charge in [-0.3, -0.25) is 14.9 Å². The van der Waals surface area contributed by atoms with Gasteiger partial charge in [0.2, 0.25) is 0 Å². The number of piperidine rings is 1. The standard InChI is InChI=1S/C16H20N2O6/c1-22-14-6-5-11(10-13(14)18(20)21)15(19)17-7-3-2-4-12(17)16-23-8-9-24-16/h5-6,10,12,16H,2-4,7-9H2,1H3/t12-/m0/s1. The molecule has 8 heteroatoms. The van der Waals surface area contributed by atoms with Crippen LogP contribution < -0.4 is 4.74 Å². The van der Waals surface area contributed by atoms with Crippen molar-refractivity contribution in [3.8, 4) is 5.75 Å². The van der Waals surface area contributed by atoms with Gasteiger partial charge in [0.15, 0.2) is 12.0 Å². The van der Waals surface area contributed by atoms with Gasteiger partial charge < -0.3 is 19.1 Å². The molecular formula is C16H20N2O6. The molecule has 2 aliphatic rings. The van der Waals surface area contributed by atoms with Gasteiger partial charge in [0, 0.05) is 18.2 Å². The summed E-state index contributed by atoms with van der Waals surface area (Å²) in [6, 6.07) is 4.11. The predicted molar refractivity (Wildman–Crippen MR) is 84.0 cm³/mol. The SMILES string of the molecule is COc1ccc(C(=O)N2CCCC[C@H]2C2OCCO2)cc1[N+](=O)[O-].